The first-order valence-electron chi connectivity index (χ1n) is 8.89. The van der Waals surface area contributed by atoms with Crippen molar-refractivity contribution < 1.29 is 22.7 Å². The lowest BCUT2D eigenvalue weighted by Gasteiger charge is -2.36. The van der Waals surface area contributed by atoms with Crippen molar-refractivity contribution in [2.75, 3.05) is 13.2 Å². The van der Waals surface area contributed by atoms with Gasteiger partial charge in [-0.2, -0.15) is 4.31 Å². The van der Waals surface area contributed by atoms with E-state index in [-0.39, 0.29) is 17.9 Å². The number of primary amides is 1. The van der Waals surface area contributed by atoms with E-state index in [9.17, 15) is 18.0 Å². The maximum Gasteiger partial charge on any atom is 0.308 e. The first-order chi connectivity index (χ1) is 13.3. The Hall–Kier alpha value is -2.71. The first-order valence-corrected chi connectivity index (χ1v) is 10.3. The van der Waals surface area contributed by atoms with Gasteiger partial charge < -0.3 is 10.5 Å². The highest BCUT2D eigenvalue weighted by molar-refractivity contribution is 7.89. The Balaban J connectivity index is 1.95. The molecule has 0 unspecified atom stereocenters. The molecule has 0 saturated carbocycles. The number of amides is 1. The molecule has 2 N–H and O–H groups in total. The summed E-state index contributed by atoms with van der Waals surface area (Å²) in [4.78, 5) is 23.3. The zero-order chi connectivity index (χ0) is 20.3. The Bertz CT molecular complexity index is 986. The number of aryl methyl sites for hydroxylation is 1. The number of hydrogen-bond donors (Lipinski definition) is 1. The van der Waals surface area contributed by atoms with Crippen molar-refractivity contribution in [3.63, 3.8) is 0 Å². The van der Waals surface area contributed by atoms with E-state index < -0.39 is 34.5 Å². The number of esters is 1. The van der Waals surface area contributed by atoms with Crippen LogP contribution in [0.5, 0.6) is 0 Å². The molecule has 0 bridgehead atoms. The number of rotatable bonds is 6. The molecule has 8 heteroatoms. The summed E-state index contributed by atoms with van der Waals surface area (Å²) in [6.07, 6.45) is 0.351. The summed E-state index contributed by atoms with van der Waals surface area (Å²) in [7, 11) is -3.81. The van der Waals surface area contributed by atoms with E-state index in [0.29, 0.717) is 6.42 Å². The van der Waals surface area contributed by atoms with Gasteiger partial charge in [-0.15, -0.1) is 0 Å². The van der Waals surface area contributed by atoms with Gasteiger partial charge in [0.1, 0.15) is 0 Å². The van der Waals surface area contributed by atoms with Crippen LogP contribution in [0.1, 0.15) is 29.2 Å². The SMILES string of the molecule is Cc1ccc(S(=O)(=O)N2CCc3ccccc3[C@@H]2CC(=O)OCC(N)=O)cc1. The van der Waals surface area contributed by atoms with E-state index in [2.05, 4.69) is 0 Å². The zero-order valence-corrected chi connectivity index (χ0v) is 16.3. The van der Waals surface area contributed by atoms with Crippen molar-refractivity contribution in [3.8, 4) is 0 Å². The molecule has 2 aromatic rings. The van der Waals surface area contributed by atoms with Crippen LogP contribution >= 0.6 is 0 Å². The van der Waals surface area contributed by atoms with Gasteiger partial charge in [0.2, 0.25) is 10.0 Å². The largest absolute Gasteiger partial charge is 0.456 e. The first kappa shape index (κ1) is 20.0. The molecule has 0 aromatic heterocycles. The third-order valence-corrected chi connectivity index (χ3v) is 6.65. The Morgan fingerprint density at radius 2 is 1.82 bits per heavy atom. The molecule has 1 amide bonds. The van der Waals surface area contributed by atoms with Crippen LogP contribution in [0.2, 0.25) is 0 Å². The van der Waals surface area contributed by atoms with Crippen molar-refractivity contribution in [1.82, 2.24) is 4.31 Å². The van der Waals surface area contributed by atoms with Gasteiger partial charge in [-0.25, -0.2) is 8.42 Å². The molecule has 0 radical (unpaired) electrons. The number of ether oxygens (including phenoxy) is 1. The monoisotopic (exact) mass is 402 g/mol. The fourth-order valence-corrected chi connectivity index (χ4v) is 4.95. The molecular formula is C20H22N2O5S. The van der Waals surface area contributed by atoms with E-state index >= 15 is 0 Å². The van der Waals surface area contributed by atoms with Gasteiger partial charge >= 0.3 is 5.97 Å². The number of nitrogens with two attached hydrogens (primary N) is 1. The molecule has 0 aliphatic carbocycles. The fourth-order valence-electron chi connectivity index (χ4n) is 3.34. The molecule has 1 atom stereocenters. The van der Waals surface area contributed by atoms with E-state index in [0.717, 1.165) is 16.7 Å². The van der Waals surface area contributed by atoms with E-state index in [4.69, 9.17) is 10.5 Å². The van der Waals surface area contributed by atoms with Crippen molar-refractivity contribution in [2.24, 2.45) is 5.73 Å². The van der Waals surface area contributed by atoms with Gasteiger partial charge in [-0.05, 0) is 36.6 Å². The van der Waals surface area contributed by atoms with Crippen molar-refractivity contribution in [3.05, 3.63) is 65.2 Å². The van der Waals surface area contributed by atoms with Crippen molar-refractivity contribution in [1.29, 1.82) is 0 Å². The molecule has 2 aromatic carbocycles. The van der Waals surface area contributed by atoms with Gasteiger partial charge in [0.15, 0.2) is 6.61 Å². The highest BCUT2D eigenvalue weighted by atomic mass is 32.2. The summed E-state index contributed by atoms with van der Waals surface area (Å²) < 4.78 is 32.7. The Morgan fingerprint density at radius 3 is 2.50 bits per heavy atom. The Kier molecular flexibility index (Phi) is 5.81. The van der Waals surface area contributed by atoms with Crippen LogP contribution in [0.15, 0.2) is 53.4 Å². The predicted octanol–water partition coefficient (Wildman–Crippen LogP) is 1.70. The predicted molar refractivity (Wildman–Crippen MR) is 103 cm³/mol. The number of fused-ring (bicyclic) bond motifs is 1. The minimum absolute atomic E-state index is 0.174. The zero-order valence-electron chi connectivity index (χ0n) is 15.5. The third-order valence-electron chi connectivity index (χ3n) is 4.73. The molecule has 28 heavy (non-hydrogen) atoms. The standard InChI is InChI=1S/C20H22N2O5S/c1-14-6-8-16(9-7-14)28(25,26)22-11-10-15-4-2-3-5-17(15)18(22)12-20(24)27-13-19(21)23/h2-9,18H,10-13H2,1H3,(H2,21,23)/t18-/m0/s1. The van der Waals surface area contributed by atoms with Gasteiger partial charge in [0.25, 0.3) is 5.91 Å². The lowest BCUT2D eigenvalue weighted by Crippen LogP contribution is -2.41. The summed E-state index contributed by atoms with van der Waals surface area (Å²) >= 11 is 0. The lowest BCUT2D eigenvalue weighted by molar-refractivity contribution is -0.148. The third kappa shape index (κ3) is 4.23. The maximum absolute atomic E-state index is 13.3. The highest BCUT2D eigenvalue weighted by Gasteiger charge is 2.37. The fraction of sp³-hybridized carbons (Fsp3) is 0.300. The number of sulfonamides is 1. The molecule has 0 spiro atoms. The second kappa shape index (κ2) is 8.12. The normalized spacial score (nSPS) is 17.0. The van der Waals surface area contributed by atoms with E-state index in [1.54, 1.807) is 24.3 Å². The summed E-state index contributed by atoms with van der Waals surface area (Å²) in [5.41, 5.74) is 7.72. The number of benzene rings is 2. The van der Waals surface area contributed by atoms with Crippen LogP contribution in [0.3, 0.4) is 0 Å². The van der Waals surface area contributed by atoms with Crippen LogP contribution < -0.4 is 5.73 Å². The number of carbonyl (C=O) groups is 2. The second-order valence-corrected chi connectivity index (χ2v) is 8.62. The van der Waals surface area contributed by atoms with Crippen LogP contribution in [0.25, 0.3) is 0 Å². The summed E-state index contributed by atoms with van der Waals surface area (Å²) in [5.74, 6) is -1.44. The Morgan fingerprint density at radius 1 is 1.14 bits per heavy atom. The van der Waals surface area contributed by atoms with Crippen molar-refractivity contribution >= 4 is 21.9 Å². The second-order valence-electron chi connectivity index (χ2n) is 6.72. The molecule has 1 aliphatic rings. The number of nitrogens with zero attached hydrogens (tertiary/aromatic N) is 1. The number of carbonyl (C=O) groups excluding carboxylic acids is 2. The highest BCUT2D eigenvalue weighted by Crippen LogP contribution is 2.36. The summed E-state index contributed by atoms with van der Waals surface area (Å²) in [6, 6.07) is 13.3. The van der Waals surface area contributed by atoms with Gasteiger partial charge in [0, 0.05) is 6.54 Å². The van der Waals surface area contributed by atoms with Gasteiger partial charge in [-0.1, -0.05) is 42.0 Å². The average molecular weight is 402 g/mol. The van der Waals surface area contributed by atoms with Crippen LogP contribution in [0.4, 0.5) is 0 Å². The molecular weight excluding hydrogens is 380 g/mol. The minimum atomic E-state index is -3.81. The quantitative estimate of drug-likeness (QED) is 0.740. The lowest BCUT2D eigenvalue weighted by atomic mass is 9.92. The van der Waals surface area contributed by atoms with Gasteiger partial charge in [0.05, 0.1) is 17.4 Å². The van der Waals surface area contributed by atoms with Crippen LogP contribution in [-0.4, -0.2) is 37.8 Å². The topological polar surface area (TPSA) is 107 Å². The van der Waals surface area contributed by atoms with E-state index in [1.807, 2.05) is 31.2 Å². The Labute approximate surface area is 164 Å². The minimum Gasteiger partial charge on any atom is -0.456 e. The van der Waals surface area contributed by atoms with Crippen LogP contribution in [-0.2, 0) is 30.8 Å². The molecule has 0 saturated heterocycles. The maximum atomic E-state index is 13.3. The number of hydrogen-bond acceptors (Lipinski definition) is 5. The van der Waals surface area contributed by atoms with Crippen molar-refractivity contribution in [2.45, 2.75) is 30.7 Å². The van der Waals surface area contributed by atoms with Crippen LogP contribution in [0, 0.1) is 6.92 Å². The van der Waals surface area contributed by atoms with Gasteiger partial charge in [-0.3, -0.25) is 9.59 Å². The molecule has 0 fully saturated rings. The smallest absolute Gasteiger partial charge is 0.308 e. The summed E-state index contributed by atoms with van der Waals surface area (Å²) in [5, 5.41) is 0. The molecule has 3 rings (SSSR count). The average Bonchev–Trinajstić information content (AvgIpc) is 2.67. The molecule has 148 valence electrons. The summed E-state index contributed by atoms with van der Waals surface area (Å²) in [6.45, 7) is 1.60. The molecule has 1 aliphatic heterocycles. The molecule has 7 nitrogen and oxygen atoms in total. The van der Waals surface area contributed by atoms with E-state index in [1.165, 1.54) is 4.31 Å². The molecule has 1 heterocycles.